The van der Waals surface area contributed by atoms with E-state index in [2.05, 4.69) is 22.1 Å². The summed E-state index contributed by atoms with van der Waals surface area (Å²) in [5, 5.41) is 4.35. The van der Waals surface area contributed by atoms with Gasteiger partial charge >= 0.3 is 0 Å². The lowest BCUT2D eigenvalue weighted by Gasteiger charge is -2.36. The van der Waals surface area contributed by atoms with Gasteiger partial charge in [0.2, 0.25) is 0 Å². The van der Waals surface area contributed by atoms with Crippen molar-refractivity contribution in [3.63, 3.8) is 0 Å². The quantitative estimate of drug-likeness (QED) is 0.608. The molecular formula is C24H28N4O2. The van der Waals surface area contributed by atoms with Crippen LogP contribution in [0.1, 0.15) is 17.2 Å². The normalized spacial score (nSPS) is 15.7. The van der Waals surface area contributed by atoms with Crippen LogP contribution in [-0.4, -0.2) is 65.3 Å². The zero-order valence-corrected chi connectivity index (χ0v) is 17.4. The SMILES string of the molecule is COc1ccc(CCN2CCN(C(=O)C(c3ccccc3)n3cccn3)CC2)cc1. The van der Waals surface area contributed by atoms with Gasteiger partial charge in [-0.2, -0.15) is 5.10 Å². The van der Waals surface area contributed by atoms with Crippen LogP contribution in [0.2, 0.25) is 0 Å². The second-order valence-corrected chi connectivity index (χ2v) is 7.56. The third-order valence-electron chi connectivity index (χ3n) is 5.70. The maximum Gasteiger partial charge on any atom is 0.252 e. The summed E-state index contributed by atoms with van der Waals surface area (Å²) in [7, 11) is 1.69. The summed E-state index contributed by atoms with van der Waals surface area (Å²) in [6, 6.07) is 19.6. The minimum atomic E-state index is -0.410. The lowest BCUT2D eigenvalue weighted by atomic mass is 10.1. The Hall–Kier alpha value is -3.12. The zero-order valence-electron chi connectivity index (χ0n) is 17.4. The highest BCUT2D eigenvalue weighted by atomic mass is 16.5. The molecule has 1 amide bonds. The minimum absolute atomic E-state index is 0.111. The summed E-state index contributed by atoms with van der Waals surface area (Å²) in [6.07, 6.45) is 4.58. The fourth-order valence-electron chi connectivity index (χ4n) is 3.92. The average Bonchev–Trinajstić information content (AvgIpc) is 3.33. The minimum Gasteiger partial charge on any atom is -0.497 e. The van der Waals surface area contributed by atoms with E-state index in [1.165, 1.54) is 5.56 Å². The van der Waals surface area contributed by atoms with Gasteiger partial charge in [-0.1, -0.05) is 42.5 Å². The Morgan fingerprint density at radius 3 is 2.37 bits per heavy atom. The van der Waals surface area contributed by atoms with Crippen LogP contribution in [0.25, 0.3) is 0 Å². The Kier molecular flexibility index (Phi) is 6.44. The van der Waals surface area contributed by atoms with Crippen LogP contribution in [0.15, 0.2) is 73.1 Å². The molecule has 6 nitrogen and oxygen atoms in total. The van der Waals surface area contributed by atoms with Crippen molar-refractivity contribution in [1.82, 2.24) is 19.6 Å². The number of amides is 1. The monoisotopic (exact) mass is 404 g/mol. The van der Waals surface area contributed by atoms with Gasteiger partial charge in [-0.25, -0.2) is 0 Å². The maximum atomic E-state index is 13.4. The predicted octanol–water partition coefficient (Wildman–Crippen LogP) is 2.87. The van der Waals surface area contributed by atoms with Crippen molar-refractivity contribution in [2.45, 2.75) is 12.5 Å². The van der Waals surface area contributed by atoms with Gasteiger partial charge in [0.25, 0.3) is 5.91 Å². The molecule has 30 heavy (non-hydrogen) atoms. The van der Waals surface area contributed by atoms with Gasteiger partial charge < -0.3 is 9.64 Å². The number of methoxy groups -OCH3 is 1. The van der Waals surface area contributed by atoms with Gasteiger partial charge in [-0.05, 0) is 35.7 Å². The number of nitrogens with zero attached hydrogens (tertiary/aromatic N) is 4. The summed E-state index contributed by atoms with van der Waals surface area (Å²) in [6.45, 7) is 4.26. The van der Waals surface area contributed by atoms with Crippen LogP contribution >= 0.6 is 0 Å². The number of ether oxygens (including phenoxy) is 1. The molecule has 0 bridgehead atoms. The van der Waals surface area contributed by atoms with Crippen molar-refractivity contribution in [3.05, 3.63) is 84.2 Å². The molecule has 3 aromatic rings. The van der Waals surface area contributed by atoms with Gasteiger partial charge in [-0.15, -0.1) is 0 Å². The van der Waals surface area contributed by atoms with Gasteiger partial charge in [0, 0.05) is 45.1 Å². The van der Waals surface area contributed by atoms with Crippen molar-refractivity contribution < 1.29 is 9.53 Å². The maximum absolute atomic E-state index is 13.4. The Labute approximate surface area is 177 Å². The van der Waals surface area contributed by atoms with E-state index in [0.29, 0.717) is 0 Å². The first kappa shape index (κ1) is 20.2. The highest BCUT2D eigenvalue weighted by Crippen LogP contribution is 2.21. The third-order valence-corrected chi connectivity index (χ3v) is 5.70. The second-order valence-electron chi connectivity index (χ2n) is 7.56. The van der Waals surface area contributed by atoms with E-state index in [-0.39, 0.29) is 5.91 Å². The van der Waals surface area contributed by atoms with Crippen LogP contribution in [0, 0.1) is 0 Å². The Morgan fingerprint density at radius 1 is 1.00 bits per heavy atom. The number of aromatic nitrogens is 2. The second kappa shape index (κ2) is 9.59. The molecule has 1 saturated heterocycles. The lowest BCUT2D eigenvalue weighted by Crippen LogP contribution is -2.51. The van der Waals surface area contributed by atoms with Crippen molar-refractivity contribution in [3.8, 4) is 5.75 Å². The first-order valence-electron chi connectivity index (χ1n) is 10.4. The molecule has 6 heteroatoms. The fraction of sp³-hybridized carbons (Fsp3) is 0.333. The molecular weight excluding hydrogens is 376 g/mol. The number of rotatable bonds is 7. The molecule has 1 atom stereocenters. The van der Waals surface area contributed by atoms with Crippen molar-refractivity contribution in [2.75, 3.05) is 39.8 Å². The summed E-state index contributed by atoms with van der Waals surface area (Å²) in [5.41, 5.74) is 2.27. The van der Waals surface area contributed by atoms with Crippen molar-refractivity contribution in [2.24, 2.45) is 0 Å². The zero-order chi connectivity index (χ0) is 20.8. The Morgan fingerprint density at radius 2 is 1.73 bits per heavy atom. The van der Waals surface area contributed by atoms with Crippen LogP contribution in [0.3, 0.4) is 0 Å². The Bertz CT molecular complexity index is 918. The molecule has 1 unspecified atom stereocenters. The molecule has 2 aromatic carbocycles. The molecule has 1 fully saturated rings. The number of carbonyl (C=O) groups is 1. The van der Waals surface area contributed by atoms with E-state index in [9.17, 15) is 4.79 Å². The summed E-state index contributed by atoms with van der Waals surface area (Å²) < 4.78 is 6.98. The van der Waals surface area contributed by atoms with E-state index >= 15 is 0 Å². The summed E-state index contributed by atoms with van der Waals surface area (Å²) in [4.78, 5) is 17.8. The molecule has 2 heterocycles. The largest absolute Gasteiger partial charge is 0.497 e. The number of hydrogen-bond acceptors (Lipinski definition) is 4. The first-order chi connectivity index (χ1) is 14.7. The molecule has 4 rings (SSSR count). The van der Waals surface area contributed by atoms with Crippen molar-refractivity contribution >= 4 is 5.91 Å². The number of piperazine rings is 1. The average molecular weight is 405 g/mol. The Balaban J connectivity index is 1.35. The highest BCUT2D eigenvalue weighted by Gasteiger charge is 2.30. The molecule has 0 spiro atoms. The predicted molar refractivity (Wildman–Crippen MR) is 117 cm³/mol. The van der Waals surface area contributed by atoms with Crippen LogP contribution in [0.5, 0.6) is 5.75 Å². The van der Waals surface area contributed by atoms with Gasteiger partial charge in [0.15, 0.2) is 6.04 Å². The number of hydrogen-bond donors (Lipinski definition) is 0. The van der Waals surface area contributed by atoms with Crippen molar-refractivity contribution in [1.29, 1.82) is 0 Å². The third kappa shape index (κ3) is 4.71. The lowest BCUT2D eigenvalue weighted by molar-refractivity contribution is -0.135. The van der Waals surface area contributed by atoms with E-state index < -0.39 is 6.04 Å². The standard InChI is InChI=1S/C24H28N4O2/c1-30-22-10-8-20(9-11-22)12-15-26-16-18-27(19-17-26)24(29)23(28-14-5-13-25-28)21-6-3-2-4-7-21/h2-11,13-14,23H,12,15-19H2,1H3. The first-order valence-corrected chi connectivity index (χ1v) is 10.4. The molecule has 0 N–H and O–H groups in total. The number of carbonyl (C=O) groups excluding carboxylic acids is 1. The summed E-state index contributed by atoms with van der Waals surface area (Å²) >= 11 is 0. The van der Waals surface area contributed by atoms with Gasteiger partial charge in [0.05, 0.1) is 7.11 Å². The van der Waals surface area contributed by atoms with Crippen LogP contribution in [0.4, 0.5) is 0 Å². The molecule has 1 aliphatic heterocycles. The smallest absolute Gasteiger partial charge is 0.252 e. The highest BCUT2D eigenvalue weighted by molar-refractivity contribution is 5.83. The molecule has 0 aliphatic carbocycles. The molecule has 156 valence electrons. The van der Waals surface area contributed by atoms with E-state index in [1.54, 1.807) is 18.0 Å². The molecule has 1 aromatic heterocycles. The fourth-order valence-corrected chi connectivity index (χ4v) is 3.92. The van der Waals surface area contributed by atoms with E-state index in [1.807, 2.05) is 59.6 Å². The topological polar surface area (TPSA) is 50.6 Å². The van der Waals surface area contributed by atoms with Gasteiger partial charge in [-0.3, -0.25) is 14.4 Å². The van der Waals surface area contributed by atoms with Crippen LogP contribution < -0.4 is 4.74 Å². The van der Waals surface area contributed by atoms with E-state index in [0.717, 1.165) is 50.5 Å². The van der Waals surface area contributed by atoms with E-state index in [4.69, 9.17) is 4.74 Å². The molecule has 0 saturated carbocycles. The molecule has 0 radical (unpaired) electrons. The number of benzene rings is 2. The van der Waals surface area contributed by atoms with Gasteiger partial charge in [0.1, 0.15) is 5.75 Å². The van der Waals surface area contributed by atoms with Crippen LogP contribution in [-0.2, 0) is 11.2 Å². The molecule has 1 aliphatic rings. The summed E-state index contributed by atoms with van der Waals surface area (Å²) in [5.74, 6) is 0.996.